The van der Waals surface area contributed by atoms with Crippen LogP contribution in [0.3, 0.4) is 0 Å². The van der Waals surface area contributed by atoms with Crippen molar-refractivity contribution in [3.05, 3.63) is 70.5 Å². The van der Waals surface area contributed by atoms with Gasteiger partial charge in [0.2, 0.25) is 0 Å². The summed E-state index contributed by atoms with van der Waals surface area (Å²) in [6, 6.07) is 11.2. The van der Waals surface area contributed by atoms with Crippen LogP contribution in [-0.2, 0) is 0 Å². The summed E-state index contributed by atoms with van der Waals surface area (Å²) in [5.41, 5.74) is 1.94. The zero-order valence-electron chi connectivity index (χ0n) is 12.3. The quantitative estimate of drug-likeness (QED) is 0.634. The maximum absolute atomic E-state index is 13.2. The first kappa shape index (κ1) is 15.5. The van der Waals surface area contributed by atoms with Gasteiger partial charge in [-0.05, 0) is 42.8 Å². The van der Waals surface area contributed by atoms with E-state index < -0.39 is 5.82 Å². The van der Waals surface area contributed by atoms with E-state index in [2.05, 4.69) is 0 Å². The molecule has 0 atom stereocenters. The van der Waals surface area contributed by atoms with Crippen LogP contribution in [0.15, 0.2) is 42.5 Å². The van der Waals surface area contributed by atoms with Crippen LogP contribution < -0.4 is 4.74 Å². The number of methoxy groups -OCH3 is 1. The van der Waals surface area contributed by atoms with Gasteiger partial charge in [-0.2, -0.15) is 5.26 Å². The van der Waals surface area contributed by atoms with Crippen LogP contribution in [0, 0.1) is 24.1 Å². The van der Waals surface area contributed by atoms with Crippen LogP contribution in [0.1, 0.15) is 27.0 Å². The lowest BCUT2D eigenvalue weighted by atomic mass is 10.0. The van der Waals surface area contributed by atoms with Gasteiger partial charge in [0.05, 0.1) is 18.2 Å². The summed E-state index contributed by atoms with van der Waals surface area (Å²) in [5, 5.41) is 8.80. The highest BCUT2D eigenvalue weighted by atomic mass is 19.1. The monoisotopic (exact) mass is 295 g/mol. The first-order chi connectivity index (χ1) is 10.5. The normalized spacial score (nSPS) is 10.5. The molecule has 0 radical (unpaired) electrons. The number of benzene rings is 2. The van der Waals surface area contributed by atoms with Gasteiger partial charge in [0.25, 0.3) is 0 Å². The lowest BCUT2D eigenvalue weighted by Crippen LogP contribution is -1.99. The topological polar surface area (TPSA) is 50.1 Å². The lowest BCUT2D eigenvalue weighted by molar-refractivity contribution is 0.104. The van der Waals surface area contributed by atoms with Gasteiger partial charge in [-0.1, -0.05) is 23.8 Å². The zero-order chi connectivity index (χ0) is 16.1. The maximum atomic E-state index is 13.2. The molecule has 0 saturated carbocycles. The molecule has 4 heteroatoms. The molecule has 0 aromatic heterocycles. The van der Waals surface area contributed by atoms with Gasteiger partial charge < -0.3 is 4.74 Å². The molecule has 0 heterocycles. The van der Waals surface area contributed by atoms with E-state index in [-0.39, 0.29) is 11.3 Å². The molecular formula is C18H14FNO2. The lowest BCUT2D eigenvalue weighted by Gasteiger charge is -2.06. The number of hydrogen-bond acceptors (Lipinski definition) is 3. The largest absolute Gasteiger partial charge is 0.496 e. The van der Waals surface area contributed by atoms with Crippen molar-refractivity contribution in [1.29, 1.82) is 5.26 Å². The Morgan fingerprint density at radius 3 is 2.73 bits per heavy atom. The second kappa shape index (κ2) is 6.68. The van der Waals surface area contributed by atoms with Crippen molar-refractivity contribution in [2.24, 2.45) is 0 Å². The predicted octanol–water partition coefficient (Wildman–Crippen LogP) is 3.91. The van der Waals surface area contributed by atoms with E-state index in [0.29, 0.717) is 16.9 Å². The summed E-state index contributed by atoms with van der Waals surface area (Å²) < 4.78 is 18.4. The van der Waals surface area contributed by atoms with Crippen LogP contribution >= 0.6 is 0 Å². The number of nitriles is 1. The molecular weight excluding hydrogens is 281 g/mol. The number of ketones is 1. The number of ether oxygens (including phenoxy) is 1. The fourth-order valence-corrected chi connectivity index (χ4v) is 2.01. The number of carbonyl (C=O) groups excluding carboxylic acids is 1. The number of carbonyl (C=O) groups is 1. The average Bonchev–Trinajstić information content (AvgIpc) is 2.53. The number of aryl methyl sites for hydroxylation is 1. The van der Waals surface area contributed by atoms with Crippen LogP contribution in [0.2, 0.25) is 0 Å². The van der Waals surface area contributed by atoms with E-state index in [1.807, 2.05) is 13.0 Å². The summed E-state index contributed by atoms with van der Waals surface area (Å²) in [7, 11) is 1.50. The van der Waals surface area contributed by atoms with Gasteiger partial charge >= 0.3 is 0 Å². The Morgan fingerprint density at radius 1 is 1.27 bits per heavy atom. The zero-order valence-corrected chi connectivity index (χ0v) is 12.3. The molecule has 0 aliphatic carbocycles. The van der Waals surface area contributed by atoms with E-state index >= 15 is 0 Å². The molecule has 0 fully saturated rings. The molecule has 110 valence electrons. The minimum atomic E-state index is -0.577. The first-order valence-corrected chi connectivity index (χ1v) is 6.62. The van der Waals surface area contributed by atoms with Crippen molar-refractivity contribution in [2.45, 2.75) is 6.92 Å². The molecule has 0 N–H and O–H groups in total. The van der Waals surface area contributed by atoms with Gasteiger partial charge in [0.15, 0.2) is 5.78 Å². The summed E-state index contributed by atoms with van der Waals surface area (Å²) in [6.07, 6.45) is 2.93. The molecule has 0 bridgehead atoms. The highest BCUT2D eigenvalue weighted by Crippen LogP contribution is 2.21. The molecule has 22 heavy (non-hydrogen) atoms. The molecule has 0 aliphatic heterocycles. The molecule has 2 aromatic rings. The van der Waals surface area contributed by atoms with E-state index in [1.54, 1.807) is 24.3 Å². The molecule has 3 nitrogen and oxygen atoms in total. The Labute approximate surface area is 128 Å². The Balaban J connectivity index is 2.29. The SMILES string of the molecule is COc1ccc(C)cc1C(=O)/C=C/c1ccc(F)c(C#N)c1. The fourth-order valence-electron chi connectivity index (χ4n) is 2.01. The third-order valence-corrected chi connectivity index (χ3v) is 3.16. The first-order valence-electron chi connectivity index (χ1n) is 6.62. The molecule has 0 spiro atoms. The van der Waals surface area contributed by atoms with E-state index in [1.165, 1.54) is 31.4 Å². The summed E-state index contributed by atoms with van der Waals surface area (Å²) in [4.78, 5) is 12.3. The van der Waals surface area contributed by atoms with Crippen molar-refractivity contribution in [1.82, 2.24) is 0 Å². The highest BCUT2D eigenvalue weighted by molar-refractivity contribution is 6.08. The van der Waals surface area contributed by atoms with Crippen molar-refractivity contribution >= 4 is 11.9 Å². The minimum Gasteiger partial charge on any atom is -0.496 e. The number of rotatable bonds is 4. The van der Waals surface area contributed by atoms with Crippen molar-refractivity contribution in [3.63, 3.8) is 0 Å². The summed E-state index contributed by atoms with van der Waals surface area (Å²) in [5.74, 6) is -0.299. The number of halogens is 1. The van der Waals surface area contributed by atoms with Gasteiger partial charge in [0, 0.05) is 0 Å². The Bertz CT molecular complexity index is 788. The van der Waals surface area contributed by atoms with Crippen molar-refractivity contribution in [2.75, 3.05) is 7.11 Å². The molecule has 2 aromatic carbocycles. The molecule has 0 amide bonds. The van der Waals surface area contributed by atoms with E-state index in [0.717, 1.165) is 5.56 Å². The van der Waals surface area contributed by atoms with E-state index in [9.17, 15) is 9.18 Å². The standard InChI is InChI=1S/C18H14FNO2/c1-12-3-8-18(22-2)15(9-12)17(21)7-5-13-4-6-16(19)14(10-13)11-20/h3-10H,1-2H3/b7-5+. The molecule has 0 unspecified atom stereocenters. The highest BCUT2D eigenvalue weighted by Gasteiger charge is 2.09. The van der Waals surface area contributed by atoms with Crippen LogP contribution in [-0.4, -0.2) is 12.9 Å². The third kappa shape index (κ3) is 3.39. The van der Waals surface area contributed by atoms with Gasteiger partial charge in [-0.3, -0.25) is 4.79 Å². The van der Waals surface area contributed by atoms with Gasteiger partial charge in [-0.15, -0.1) is 0 Å². The van der Waals surface area contributed by atoms with Crippen LogP contribution in [0.4, 0.5) is 4.39 Å². The van der Waals surface area contributed by atoms with Gasteiger partial charge in [-0.25, -0.2) is 4.39 Å². The Hall–Kier alpha value is -2.93. The van der Waals surface area contributed by atoms with Gasteiger partial charge in [0.1, 0.15) is 17.6 Å². The van der Waals surface area contributed by atoms with Crippen LogP contribution in [0.25, 0.3) is 6.08 Å². The predicted molar refractivity (Wildman–Crippen MR) is 82.2 cm³/mol. The smallest absolute Gasteiger partial charge is 0.189 e. The second-order valence-electron chi connectivity index (χ2n) is 4.75. The van der Waals surface area contributed by atoms with Crippen molar-refractivity contribution in [3.8, 4) is 11.8 Å². The number of allylic oxidation sites excluding steroid dienone is 1. The molecule has 2 rings (SSSR count). The Kier molecular flexibility index (Phi) is 4.70. The van der Waals surface area contributed by atoms with Crippen LogP contribution in [0.5, 0.6) is 5.75 Å². The summed E-state index contributed by atoms with van der Waals surface area (Å²) >= 11 is 0. The maximum Gasteiger partial charge on any atom is 0.189 e. The number of hydrogen-bond donors (Lipinski definition) is 0. The minimum absolute atomic E-state index is 0.0530. The molecule has 0 aliphatic rings. The third-order valence-electron chi connectivity index (χ3n) is 3.16. The summed E-state index contributed by atoms with van der Waals surface area (Å²) in [6.45, 7) is 1.89. The van der Waals surface area contributed by atoms with E-state index in [4.69, 9.17) is 10.00 Å². The second-order valence-corrected chi connectivity index (χ2v) is 4.75. The van der Waals surface area contributed by atoms with Crippen molar-refractivity contribution < 1.29 is 13.9 Å². The number of nitrogens with zero attached hydrogens (tertiary/aromatic N) is 1. The molecule has 0 saturated heterocycles. The average molecular weight is 295 g/mol. The fraction of sp³-hybridized carbons (Fsp3) is 0.111. The Morgan fingerprint density at radius 2 is 2.05 bits per heavy atom.